The smallest absolute Gasteiger partial charge is 0.0646 e. The number of aliphatic hydroxyl groups is 2. The van der Waals surface area contributed by atoms with Gasteiger partial charge in [0.2, 0.25) is 0 Å². The fraction of sp³-hybridized carbons (Fsp3) is 1.00. The van der Waals surface area contributed by atoms with Gasteiger partial charge in [0, 0.05) is 6.42 Å². The highest BCUT2D eigenvalue weighted by atomic mass is 16.3. The van der Waals surface area contributed by atoms with Crippen LogP contribution in [0.3, 0.4) is 0 Å². The molecule has 20 heavy (non-hydrogen) atoms. The lowest BCUT2D eigenvalue weighted by molar-refractivity contribution is -0.0409. The normalized spacial score (nSPS) is 15.3. The van der Waals surface area contributed by atoms with E-state index in [1.54, 1.807) is 13.8 Å². The van der Waals surface area contributed by atoms with E-state index in [1.807, 2.05) is 6.92 Å². The third kappa shape index (κ3) is 14.3. The average Bonchev–Trinajstić information content (AvgIpc) is 2.28. The molecule has 2 heteroatoms. The van der Waals surface area contributed by atoms with Crippen molar-refractivity contribution in [1.82, 2.24) is 0 Å². The molecule has 0 aromatic carbocycles. The van der Waals surface area contributed by atoms with Crippen LogP contribution in [0, 0.1) is 0 Å². The first kappa shape index (κ1) is 19.9. The van der Waals surface area contributed by atoms with Crippen LogP contribution in [-0.2, 0) is 0 Å². The van der Waals surface area contributed by atoms with E-state index >= 15 is 0 Å². The van der Waals surface area contributed by atoms with Gasteiger partial charge < -0.3 is 10.2 Å². The molecule has 0 aromatic heterocycles. The minimum atomic E-state index is -0.776. The van der Waals surface area contributed by atoms with Crippen LogP contribution in [0.5, 0.6) is 0 Å². The molecular weight excluding hydrogens is 248 g/mol. The standard InChI is InChI=1S/C18H38O2/c1-5-6-7-8-9-10-11-12-13-14-15-18(4,20)16-17(2,3)19/h19-20H,5-16H2,1-4H3. The zero-order chi connectivity index (χ0) is 15.5. The lowest BCUT2D eigenvalue weighted by Gasteiger charge is -2.30. The topological polar surface area (TPSA) is 40.5 Å². The molecule has 2 nitrogen and oxygen atoms in total. The molecule has 1 atom stereocenters. The molecule has 0 aliphatic carbocycles. The van der Waals surface area contributed by atoms with Crippen molar-refractivity contribution in [2.75, 3.05) is 0 Å². The van der Waals surface area contributed by atoms with E-state index < -0.39 is 11.2 Å². The van der Waals surface area contributed by atoms with Crippen LogP contribution >= 0.6 is 0 Å². The second kappa shape index (κ2) is 10.6. The van der Waals surface area contributed by atoms with Gasteiger partial charge in [-0.2, -0.15) is 0 Å². The molecule has 0 saturated carbocycles. The largest absolute Gasteiger partial charge is 0.390 e. The predicted octanol–water partition coefficient (Wildman–Crippen LogP) is 5.21. The van der Waals surface area contributed by atoms with E-state index in [9.17, 15) is 10.2 Å². The van der Waals surface area contributed by atoms with Gasteiger partial charge >= 0.3 is 0 Å². The van der Waals surface area contributed by atoms with Crippen LogP contribution in [-0.4, -0.2) is 21.4 Å². The lowest BCUT2D eigenvalue weighted by atomic mass is 9.87. The molecule has 0 fully saturated rings. The number of unbranched alkanes of at least 4 members (excludes halogenated alkanes) is 9. The summed E-state index contributed by atoms with van der Waals surface area (Å²) < 4.78 is 0. The van der Waals surface area contributed by atoms with Crippen molar-refractivity contribution in [2.24, 2.45) is 0 Å². The fourth-order valence-corrected chi connectivity index (χ4v) is 3.01. The molecule has 0 aromatic rings. The van der Waals surface area contributed by atoms with Crippen LogP contribution in [0.4, 0.5) is 0 Å². The van der Waals surface area contributed by atoms with Crippen LogP contribution in [0.2, 0.25) is 0 Å². The van der Waals surface area contributed by atoms with Crippen molar-refractivity contribution in [1.29, 1.82) is 0 Å². The van der Waals surface area contributed by atoms with E-state index in [-0.39, 0.29) is 0 Å². The average molecular weight is 286 g/mol. The molecule has 0 saturated heterocycles. The maximum absolute atomic E-state index is 10.2. The Morgan fingerprint density at radius 3 is 1.45 bits per heavy atom. The Morgan fingerprint density at radius 1 is 0.650 bits per heavy atom. The van der Waals surface area contributed by atoms with E-state index in [1.165, 1.54) is 57.8 Å². The summed E-state index contributed by atoms with van der Waals surface area (Å²) >= 11 is 0. The number of hydrogen-bond donors (Lipinski definition) is 2. The van der Waals surface area contributed by atoms with Crippen LogP contribution in [0.1, 0.15) is 105 Å². The van der Waals surface area contributed by atoms with Crippen molar-refractivity contribution in [3.05, 3.63) is 0 Å². The monoisotopic (exact) mass is 286 g/mol. The first-order chi connectivity index (χ1) is 9.27. The third-order valence-electron chi connectivity index (χ3n) is 3.88. The Balaban J connectivity index is 3.39. The summed E-state index contributed by atoms with van der Waals surface area (Å²) in [4.78, 5) is 0. The van der Waals surface area contributed by atoms with Crippen molar-refractivity contribution in [3.8, 4) is 0 Å². The van der Waals surface area contributed by atoms with Gasteiger partial charge in [0.15, 0.2) is 0 Å². The minimum absolute atomic E-state index is 0.456. The van der Waals surface area contributed by atoms with Gasteiger partial charge in [-0.15, -0.1) is 0 Å². The molecule has 0 heterocycles. The van der Waals surface area contributed by atoms with Crippen molar-refractivity contribution >= 4 is 0 Å². The van der Waals surface area contributed by atoms with Crippen molar-refractivity contribution in [3.63, 3.8) is 0 Å². The van der Waals surface area contributed by atoms with Gasteiger partial charge in [-0.3, -0.25) is 0 Å². The van der Waals surface area contributed by atoms with Crippen molar-refractivity contribution in [2.45, 2.75) is 116 Å². The van der Waals surface area contributed by atoms with Gasteiger partial charge in [-0.05, 0) is 27.2 Å². The van der Waals surface area contributed by atoms with Crippen LogP contribution in [0.25, 0.3) is 0 Å². The lowest BCUT2D eigenvalue weighted by Crippen LogP contribution is -2.35. The zero-order valence-electron chi connectivity index (χ0n) is 14.4. The molecular formula is C18H38O2. The summed E-state index contributed by atoms with van der Waals surface area (Å²) in [6, 6.07) is 0. The highest BCUT2D eigenvalue weighted by Gasteiger charge is 2.28. The van der Waals surface area contributed by atoms with Gasteiger partial charge in [-0.1, -0.05) is 71.1 Å². The van der Waals surface area contributed by atoms with Gasteiger partial charge in [0.25, 0.3) is 0 Å². The predicted molar refractivity (Wildman–Crippen MR) is 88.0 cm³/mol. The summed E-state index contributed by atoms with van der Waals surface area (Å²) in [5.74, 6) is 0. The van der Waals surface area contributed by atoms with Crippen LogP contribution in [0.15, 0.2) is 0 Å². The second-order valence-electron chi connectivity index (χ2n) is 7.42. The summed E-state index contributed by atoms with van der Waals surface area (Å²) in [5, 5.41) is 20.0. The first-order valence-electron chi connectivity index (χ1n) is 8.71. The maximum Gasteiger partial charge on any atom is 0.0646 e. The Labute approximate surface area is 127 Å². The Bertz CT molecular complexity index is 216. The van der Waals surface area contributed by atoms with E-state index in [0.717, 1.165) is 12.8 Å². The first-order valence-corrected chi connectivity index (χ1v) is 8.71. The minimum Gasteiger partial charge on any atom is -0.390 e. The molecule has 0 radical (unpaired) electrons. The molecule has 0 aliphatic rings. The van der Waals surface area contributed by atoms with Gasteiger partial charge in [0.05, 0.1) is 11.2 Å². The molecule has 0 spiro atoms. The Morgan fingerprint density at radius 2 is 1.05 bits per heavy atom. The van der Waals surface area contributed by atoms with E-state index in [4.69, 9.17) is 0 Å². The summed E-state index contributed by atoms with van der Waals surface area (Å²) in [6.07, 6.45) is 14.4. The molecule has 1 unspecified atom stereocenters. The summed E-state index contributed by atoms with van der Waals surface area (Å²) in [5.41, 5.74) is -1.50. The highest BCUT2D eigenvalue weighted by molar-refractivity contribution is 4.81. The molecule has 0 amide bonds. The molecule has 0 bridgehead atoms. The van der Waals surface area contributed by atoms with Crippen LogP contribution < -0.4 is 0 Å². The molecule has 2 N–H and O–H groups in total. The maximum atomic E-state index is 10.2. The Hall–Kier alpha value is -0.0800. The molecule has 0 rings (SSSR count). The fourth-order valence-electron chi connectivity index (χ4n) is 3.01. The highest BCUT2D eigenvalue weighted by Crippen LogP contribution is 2.25. The Kier molecular flexibility index (Phi) is 10.6. The van der Waals surface area contributed by atoms with Gasteiger partial charge in [-0.25, -0.2) is 0 Å². The third-order valence-corrected chi connectivity index (χ3v) is 3.88. The number of hydrogen-bond acceptors (Lipinski definition) is 2. The summed E-state index contributed by atoms with van der Waals surface area (Å²) in [6.45, 7) is 7.63. The zero-order valence-corrected chi connectivity index (χ0v) is 14.4. The molecule has 0 aliphatic heterocycles. The van der Waals surface area contributed by atoms with E-state index in [2.05, 4.69) is 6.92 Å². The summed E-state index contributed by atoms with van der Waals surface area (Å²) in [7, 11) is 0. The van der Waals surface area contributed by atoms with Crippen molar-refractivity contribution < 1.29 is 10.2 Å². The quantitative estimate of drug-likeness (QED) is 0.456. The second-order valence-corrected chi connectivity index (χ2v) is 7.42. The van der Waals surface area contributed by atoms with E-state index in [0.29, 0.717) is 6.42 Å². The molecule has 122 valence electrons. The SMILES string of the molecule is CCCCCCCCCCCCC(C)(O)CC(C)(C)O. The van der Waals surface area contributed by atoms with Gasteiger partial charge in [0.1, 0.15) is 0 Å². The number of rotatable bonds is 13.